The molecule has 7 heteroatoms. The molecule has 1 rings (SSSR count). The third kappa shape index (κ3) is 1.57. The fourth-order valence-corrected chi connectivity index (χ4v) is 1.20. The lowest BCUT2D eigenvalue weighted by Crippen LogP contribution is -2.04. The van der Waals surface area contributed by atoms with E-state index in [1.165, 1.54) is 0 Å². The molecule has 0 radical (unpaired) electrons. The second-order valence-electron chi connectivity index (χ2n) is 2.22. The van der Waals surface area contributed by atoms with Crippen LogP contribution in [0.15, 0.2) is 0 Å². The minimum atomic E-state index is -2.33. The molecule has 0 atom stereocenters. The molecule has 0 aromatic heterocycles. The summed E-state index contributed by atoms with van der Waals surface area (Å²) in [6, 6.07) is -2.33. The highest BCUT2D eigenvalue weighted by atomic mass is 35.5. The number of halogens is 6. The molecule has 0 saturated carbocycles. The summed E-state index contributed by atoms with van der Waals surface area (Å²) in [6.07, 6.45) is 0. The second-order valence-corrected chi connectivity index (χ2v) is 2.97. The zero-order valence-corrected chi connectivity index (χ0v) is 7.69. The Bertz CT molecular complexity index is 390. The molecule has 1 aromatic carbocycles. The maximum atomic E-state index is 12.7. The van der Waals surface area contributed by atoms with Gasteiger partial charge in [-0.05, 0) is 0 Å². The molecule has 0 aliphatic carbocycles. The first-order valence-electron chi connectivity index (χ1n) is 3.09. The van der Waals surface area contributed by atoms with Crippen LogP contribution in [0.5, 0.6) is 0 Å². The van der Waals surface area contributed by atoms with E-state index in [0.29, 0.717) is 0 Å². The highest BCUT2D eigenvalue weighted by Gasteiger charge is 2.27. The van der Waals surface area contributed by atoms with Crippen molar-refractivity contribution in [2.45, 2.75) is 0 Å². The van der Waals surface area contributed by atoms with Crippen molar-refractivity contribution in [3.63, 3.8) is 0 Å². The number of carbonyl (C=O) groups is 1. The highest BCUT2D eigenvalue weighted by molar-refractivity contribution is 6.43. The predicted molar refractivity (Wildman–Crippen MR) is 41.8 cm³/mol. The van der Waals surface area contributed by atoms with Crippen LogP contribution < -0.4 is 0 Å². The first-order chi connectivity index (χ1) is 6.37. The van der Waals surface area contributed by atoms with Crippen molar-refractivity contribution in [3.05, 3.63) is 33.1 Å². The predicted octanol–water partition coefficient (Wildman–Crippen LogP) is 3.52. The van der Waals surface area contributed by atoms with E-state index in [1.807, 2.05) is 0 Å². The van der Waals surface area contributed by atoms with E-state index >= 15 is 0 Å². The van der Waals surface area contributed by atoms with Crippen LogP contribution in [0.1, 0.15) is 10.4 Å². The summed E-state index contributed by atoms with van der Waals surface area (Å²) in [6.45, 7) is 0. The van der Waals surface area contributed by atoms with E-state index in [9.17, 15) is 22.4 Å². The van der Waals surface area contributed by atoms with E-state index in [1.54, 1.807) is 0 Å². The Labute approximate surface area is 85.2 Å². The maximum Gasteiger partial charge on any atom is 0.336 e. The first kappa shape index (κ1) is 11.3. The van der Waals surface area contributed by atoms with Gasteiger partial charge >= 0.3 is 6.04 Å². The zero-order chi connectivity index (χ0) is 11.0. The van der Waals surface area contributed by atoms with Crippen LogP contribution in [0.4, 0.5) is 17.6 Å². The van der Waals surface area contributed by atoms with Crippen molar-refractivity contribution in [2.24, 2.45) is 0 Å². The molecule has 0 saturated heterocycles. The molecule has 0 aliphatic heterocycles. The van der Waals surface area contributed by atoms with Crippen LogP contribution in [-0.2, 0) is 0 Å². The molecule has 1 aromatic rings. The fraction of sp³-hybridized carbons (Fsp3) is 0. The van der Waals surface area contributed by atoms with E-state index in [4.69, 9.17) is 23.2 Å². The molecule has 0 bridgehead atoms. The molecule has 0 N–H and O–H groups in total. The summed E-state index contributed by atoms with van der Waals surface area (Å²) in [7, 11) is 0. The second kappa shape index (κ2) is 3.74. The highest BCUT2D eigenvalue weighted by Crippen LogP contribution is 2.33. The van der Waals surface area contributed by atoms with Gasteiger partial charge in [-0.25, -0.2) is 13.2 Å². The van der Waals surface area contributed by atoms with Crippen LogP contribution in [0, 0.1) is 17.5 Å². The number of rotatable bonds is 1. The molecule has 1 nitrogen and oxygen atoms in total. The molecule has 0 unspecified atom stereocenters. The van der Waals surface area contributed by atoms with Gasteiger partial charge in [0.25, 0.3) is 0 Å². The minimum absolute atomic E-state index is 0.990. The quantitative estimate of drug-likeness (QED) is 0.321. The Morgan fingerprint density at radius 1 is 0.929 bits per heavy atom. The molecule has 0 spiro atoms. The van der Waals surface area contributed by atoms with Crippen LogP contribution in [0.3, 0.4) is 0 Å². The molecule has 14 heavy (non-hydrogen) atoms. The summed E-state index contributed by atoms with van der Waals surface area (Å²) < 4.78 is 50.1. The molecule has 76 valence electrons. The van der Waals surface area contributed by atoms with Gasteiger partial charge in [0.1, 0.15) is 5.56 Å². The normalized spacial score (nSPS) is 10.4. The summed E-state index contributed by atoms with van der Waals surface area (Å²) in [5.41, 5.74) is -1.41. The average Bonchev–Trinajstić information content (AvgIpc) is 2.11. The lowest BCUT2D eigenvalue weighted by Gasteiger charge is -2.04. The van der Waals surface area contributed by atoms with Gasteiger partial charge < -0.3 is 0 Å². The monoisotopic (exact) mass is 246 g/mol. The van der Waals surface area contributed by atoms with Gasteiger partial charge in [0.2, 0.25) is 0 Å². The van der Waals surface area contributed by atoms with Crippen molar-refractivity contribution in [3.8, 4) is 0 Å². The Kier molecular flexibility index (Phi) is 3.01. The average molecular weight is 247 g/mol. The zero-order valence-electron chi connectivity index (χ0n) is 6.18. The SMILES string of the molecule is O=C(F)c1c(F)c(F)c(F)c(Cl)c1Cl. The third-order valence-corrected chi connectivity index (χ3v) is 2.24. The number of benzene rings is 1. The van der Waals surface area contributed by atoms with E-state index in [0.717, 1.165) is 0 Å². The smallest absolute Gasteiger partial charge is 0.255 e. The van der Waals surface area contributed by atoms with Crippen LogP contribution in [0.25, 0.3) is 0 Å². The Hall–Kier alpha value is -0.810. The van der Waals surface area contributed by atoms with Crippen LogP contribution in [0.2, 0.25) is 10.0 Å². The van der Waals surface area contributed by atoms with Crippen molar-refractivity contribution in [1.29, 1.82) is 0 Å². The lowest BCUT2D eigenvalue weighted by molar-refractivity contribution is 0.0830. The van der Waals surface area contributed by atoms with Crippen LogP contribution in [-0.4, -0.2) is 6.04 Å². The molecule has 0 heterocycles. The minimum Gasteiger partial charge on any atom is -0.255 e. The Morgan fingerprint density at radius 2 is 1.43 bits per heavy atom. The van der Waals surface area contributed by atoms with Gasteiger partial charge in [0.15, 0.2) is 17.5 Å². The fourth-order valence-electron chi connectivity index (χ4n) is 0.777. The molecule has 0 fully saturated rings. The number of hydrogen-bond acceptors (Lipinski definition) is 1. The van der Waals surface area contributed by atoms with Gasteiger partial charge in [0.05, 0.1) is 10.0 Å². The Morgan fingerprint density at radius 3 is 1.86 bits per heavy atom. The molecular formula is C7Cl2F4O. The molecule has 0 aliphatic rings. The van der Waals surface area contributed by atoms with Crippen LogP contribution >= 0.6 is 23.2 Å². The van der Waals surface area contributed by atoms with Gasteiger partial charge in [-0.1, -0.05) is 23.2 Å². The standard InChI is InChI=1S/C7Cl2F4O/c8-2-1(7(13)14)4(10)6(12)5(11)3(2)9. The van der Waals surface area contributed by atoms with Crippen molar-refractivity contribution < 1.29 is 22.4 Å². The van der Waals surface area contributed by atoms with Crippen molar-refractivity contribution in [2.75, 3.05) is 0 Å². The van der Waals surface area contributed by atoms with Gasteiger partial charge in [-0.15, -0.1) is 0 Å². The maximum absolute atomic E-state index is 12.7. The van der Waals surface area contributed by atoms with Gasteiger partial charge in [-0.3, -0.25) is 4.79 Å². The number of hydrogen-bond donors (Lipinski definition) is 0. The summed E-state index contributed by atoms with van der Waals surface area (Å²) in [5.74, 6) is -5.80. The van der Waals surface area contributed by atoms with E-state index in [-0.39, 0.29) is 0 Å². The largest absolute Gasteiger partial charge is 0.336 e. The summed E-state index contributed by atoms with van der Waals surface area (Å²) in [4.78, 5) is 10.2. The Balaban J connectivity index is 3.68. The topological polar surface area (TPSA) is 17.1 Å². The van der Waals surface area contributed by atoms with E-state index in [2.05, 4.69) is 0 Å². The van der Waals surface area contributed by atoms with E-state index < -0.39 is 39.1 Å². The van der Waals surface area contributed by atoms with Gasteiger partial charge in [0, 0.05) is 0 Å². The summed E-state index contributed by atoms with van der Waals surface area (Å²) in [5, 5.41) is -2.03. The molecule has 0 amide bonds. The lowest BCUT2D eigenvalue weighted by atomic mass is 10.2. The van der Waals surface area contributed by atoms with Gasteiger partial charge in [-0.2, -0.15) is 4.39 Å². The van der Waals surface area contributed by atoms with Crippen molar-refractivity contribution >= 4 is 29.2 Å². The summed E-state index contributed by atoms with van der Waals surface area (Å²) >= 11 is 10.2. The number of carbonyl (C=O) groups excluding carboxylic acids is 1. The van der Waals surface area contributed by atoms with Crippen molar-refractivity contribution in [1.82, 2.24) is 0 Å². The first-order valence-corrected chi connectivity index (χ1v) is 3.84. The molecular weight excluding hydrogens is 247 g/mol. The third-order valence-electron chi connectivity index (χ3n) is 1.41.